The zero-order chi connectivity index (χ0) is 29.4. The van der Waals surface area contributed by atoms with Crippen molar-refractivity contribution in [3.8, 4) is 5.75 Å². The summed E-state index contributed by atoms with van der Waals surface area (Å²) in [7, 11) is 0.392. The lowest BCUT2D eigenvalue weighted by molar-refractivity contribution is -0.191. The van der Waals surface area contributed by atoms with Crippen LogP contribution in [0.2, 0.25) is 25.7 Å². The van der Waals surface area contributed by atoms with Crippen LogP contribution in [-0.4, -0.2) is 84.9 Å². The first kappa shape index (κ1) is 29.0. The first-order valence-electron chi connectivity index (χ1n) is 14.0. The van der Waals surface area contributed by atoms with Crippen LogP contribution in [0.25, 0.3) is 5.65 Å². The number of rotatable bonds is 8. The van der Waals surface area contributed by atoms with Crippen molar-refractivity contribution in [3.05, 3.63) is 53.5 Å². The van der Waals surface area contributed by atoms with Crippen LogP contribution in [0, 0.1) is 0 Å². The van der Waals surface area contributed by atoms with Gasteiger partial charge in [0, 0.05) is 43.0 Å². The molecule has 41 heavy (non-hydrogen) atoms. The Balaban J connectivity index is 1.27. The van der Waals surface area contributed by atoms with E-state index in [1.165, 1.54) is 11.1 Å². The Morgan fingerprint density at radius 3 is 2.71 bits per heavy atom. The fourth-order valence-electron chi connectivity index (χ4n) is 4.97. The van der Waals surface area contributed by atoms with Gasteiger partial charge >= 0.3 is 6.09 Å². The molecule has 0 atom stereocenters. The van der Waals surface area contributed by atoms with E-state index in [2.05, 4.69) is 35.0 Å². The fraction of sp³-hybridized carbons (Fsp3) is 0.517. The maximum atomic E-state index is 13.4. The number of anilines is 1. The van der Waals surface area contributed by atoms with Crippen molar-refractivity contribution < 1.29 is 28.5 Å². The highest BCUT2D eigenvalue weighted by Crippen LogP contribution is 2.41. The first-order valence-corrected chi connectivity index (χ1v) is 17.7. The highest BCUT2D eigenvalue weighted by Gasteiger charge is 2.34. The van der Waals surface area contributed by atoms with Crippen molar-refractivity contribution in [1.29, 1.82) is 0 Å². The largest absolute Gasteiger partial charge is 0.487 e. The summed E-state index contributed by atoms with van der Waals surface area (Å²) in [5.41, 5.74) is 3.07. The van der Waals surface area contributed by atoms with Gasteiger partial charge in [0.15, 0.2) is 11.9 Å². The monoisotopic (exact) mass is 581 g/mol. The molecule has 0 aliphatic carbocycles. The SMILES string of the molecule is CN(CC1OCC(c2cc3c(cc2NC(=O)c2cnn4cccnc24)CC(C)(C)O3)CO1)C(=O)OCC[Si-](C)(C)C. The maximum absolute atomic E-state index is 13.4. The summed E-state index contributed by atoms with van der Waals surface area (Å²) >= 11 is 0. The number of fused-ring (bicyclic) bond motifs is 2. The van der Waals surface area contributed by atoms with Crippen LogP contribution in [0.4, 0.5) is 10.5 Å². The topological polar surface area (TPSA) is 117 Å². The molecule has 0 unspecified atom stereocenters. The number of amides is 2. The molecule has 0 bridgehead atoms. The molecule has 4 heterocycles. The van der Waals surface area contributed by atoms with Crippen molar-refractivity contribution >= 4 is 31.4 Å². The van der Waals surface area contributed by atoms with Gasteiger partial charge in [0.2, 0.25) is 0 Å². The Kier molecular flexibility index (Phi) is 8.08. The molecule has 0 saturated carbocycles. The second kappa shape index (κ2) is 11.4. The van der Waals surface area contributed by atoms with Crippen molar-refractivity contribution in [3.63, 3.8) is 0 Å². The van der Waals surface area contributed by atoms with Crippen LogP contribution in [-0.2, 0) is 20.6 Å². The van der Waals surface area contributed by atoms with E-state index in [1.54, 1.807) is 30.0 Å². The van der Waals surface area contributed by atoms with Gasteiger partial charge in [0.05, 0.1) is 32.6 Å². The fourth-order valence-corrected chi connectivity index (χ4v) is 5.68. The first-order chi connectivity index (χ1) is 19.4. The molecular weight excluding hydrogens is 542 g/mol. The summed E-state index contributed by atoms with van der Waals surface area (Å²) < 4.78 is 25.3. The number of hydrogen-bond acceptors (Lipinski definition) is 8. The van der Waals surface area contributed by atoms with E-state index < -0.39 is 14.4 Å². The Bertz CT molecular complexity index is 1430. The molecular formula is C29H39N5O6Si-. The lowest BCUT2D eigenvalue weighted by Gasteiger charge is -2.33. The molecule has 11 nitrogen and oxygen atoms in total. The molecule has 1 fully saturated rings. The van der Waals surface area contributed by atoms with Crippen LogP contribution in [0.3, 0.4) is 0 Å². The number of hydrogen-bond donors (Lipinski definition) is 1. The summed E-state index contributed by atoms with van der Waals surface area (Å²) in [6.07, 6.45) is 4.66. The minimum absolute atomic E-state index is 0.157. The van der Waals surface area contributed by atoms with E-state index in [0.29, 0.717) is 36.7 Å². The Morgan fingerprint density at radius 2 is 1.98 bits per heavy atom. The van der Waals surface area contributed by atoms with E-state index in [9.17, 15) is 9.59 Å². The zero-order valence-corrected chi connectivity index (χ0v) is 25.6. The number of nitrogens with one attached hydrogen (secondary N) is 1. The molecule has 0 spiro atoms. The predicted molar refractivity (Wildman–Crippen MR) is 156 cm³/mol. The molecule has 5 rings (SSSR count). The molecule has 1 saturated heterocycles. The molecule has 1 N–H and O–H groups in total. The van der Waals surface area contributed by atoms with Gasteiger partial charge in [-0.1, -0.05) is 0 Å². The lowest BCUT2D eigenvalue weighted by Crippen LogP contribution is -2.41. The smallest absolute Gasteiger partial charge is 0.409 e. The summed E-state index contributed by atoms with van der Waals surface area (Å²) in [6.45, 7) is 12.2. The Morgan fingerprint density at radius 1 is 1.22 bits per heavy atom. The summed E-state index contributed by atoms with van der Waals surface area (Å²) in [5.74, 6) is 0.335. The van der Waals surface area contributed by atoms with Gasteiger partial charge in [-0.2, -0.15) is 24.7 Å². The van der Waals surface area contributed by atoms with Crippen LogP contribution in [0.15, 0.2) is 36.8 Å². The van der Waals surface area contributed by atoms with Gasteiger partial charge in [-0.25, -0.2) is 14.3 Å². The Hall–Kier alpha value is -3.48. The van der Waals surface area contributed by atoms with Gasteiger partial charge in [-0.3, -0.25) is 4.79 Å². The van der Waals surface area contributed by atoms with Crippen molar-refractivity contribution in [1.82, 2.24) is 19.5 Å². The predicted octanol–water partition coefficient (Wildman–Crippen LogP) is 4.56. The number of nitrogens with zero attached hydrogens (tertiary/aromatic N) is 4. The molecule has 221 valence electrons. The quantitative estimate of drug-likeness (QED) is 0.385. The minimum atomic E-state index is -1.29. The average Bonchev–Trinajstić information content (AvgIpc) is 3.47. The molecule has 12 heteroatoms. The van der Waals surface area contributed by atoms with Crippen LogP contribution < -0.4 is 10.1 Å². The lowest BCUT2D eigenvalue weighted by atomic mass is 9.94. The second-order valence-electron chi connectivity index (χ2n) is 12.6. The van der Waals surface area contributed by atoms with E-state index in [4.69, 9.17) is 18.9 Å². The number of carbonyl (C=O) groups is 2. The minimum Gasteiger partial charge on any atom is -0.487 e. The third-order valence-corrected chi connectivity index (χ3v) is 8.93. The van der Waals surface area contributed by atoms with Gasteiger partial charge in [-0.05, 0) is 37.6 Å². The van der Waals surface area contributed by atoms with Crippen LogP contribution >= 0.6 is 0 Å². The summed E-state index contributed by atoms with van der Waals surface area (Å²) in [5, 5.41) is 7.32. The highest BCUT2D eigenvalue weighted by molar-refractivity contribution is 6.76. The van der Waals surface area contributed by atoms with Gasteiger partial charge in [-0.15, -0.1) is 14.1 Å². The number of benzene rings is 1. The zero-order valence-electron chi connectivity index (χ0n) is 24.6. The summed E-state index contributed by atoms with van der Waals surface area (Å²) in [4.78, 5) is 31.6. The molecule has 2 amide bonds. The third kappa shape index (κ3) is 6.88. The second-order valence-corrected chi connectivity index (χ2v) is 18.2. The van der Waals surface area contributed by atoms with Gasteiger partial charge in [0.25, 0.3) is 5.91 Å². The summed E-state index contributed by atoms with van der Waals surface area (Å²) in [6, 6.07) is 6.63. The van der Waals surface area contributed by atoms with Gasteiger partial charge < -0.3 is 29.2 Å². The molecule has 2 aliphatic rings. The van der Waals surface area contributed by atoms with Crippen LogP contribution in [0.5, 0.6) is 5.75 Å². The maximum Gasteiger partial charge on any atom is 0.409 e. The standard InChI is InChI=1S/C29H39N5O6Si/c1-29(2)14-19-12-23(32-27(35)22-15-31-34-9-7-8-30-26(22)34)21(13-24(19)40-29)20-17-38-25(39-18-20)16-33(3)28(36)37-10-11-41(4,5)6/h7-9,12-13,15,20,25H,10-11,14,16-18H2,1-6H3,(H,32,35)/q-1. The Labute approximate surface area is 241 Å². The van der Waals surface area contributed by atoms with E-state index in [1.807, 2.05) is 26.0 Å². The van der Waals surface area contributed by atoms with E-state index >= 15 is 0 Å². The number of ether oxygens (including phenoxy) is 4. The van der Waals surface area contributed by atoms with Crippen molar-refractivity contribution in [2.75, 3.05) is 38.7 Å². The molecule has 2 aliphatic heterocycles. The number of carbonyl (C=O) groups excluding carboxylic acids is 2. The van der Waals surface area contributed by atoms with Crippen molar-refractivity contribution in [2.24, 2.45) is 0 Å². The van der Waals surface area contributed by atoms with Crippen LogP contribution in [0.1, 0.15) is 41.3 Å². The van der Waals surface area contributed by atoms with E-state index in [-0.39, 0.29) is 30.1 Å². The number of aromatic nitrogens is 3. The third-order valence-electron chi connectivity index (χ3n) is 7.23. The highest BCUT2D eigenvalue weighted by atomic mass is 28.3. The van der Waals surface area contributed by atoms with Crippen molar-refractivity contribution in [2.45, 2.75) is 63.8 Å². The van der Waals surface area contributed by atoms with E-state index in [0.717, 1.165) is 29.3 Å². The molecule has 3 aromatic rings. The molecule has 0 radical (unpaired) electrons. The number of likely N-dealkylation sites (N-methyl/N-ethyl adjacent to an activating group) is 1. The average molecular weight is 582 g/mol. The molecule has 1 aromatic carbocycles. The van der Waals surface area contributed by atoms with Gasteiger partial charge in [0.1, 0.15) is 16.9 Å². The normalized spacial score (nSPS) is 19.9. The molecule has 2 aromatic heterocycles.